The SMILES string of the molecule is N#Cc1ccc(OCC(=O)Nc2nc(-c3sccc3Br)cs2)cc1. The van der Waals surface area contributed by atoms with E-state index in [0.717, 1.165) is 15.0 Å². The number of nitrogens with one attached hydrogen (secondary N) is 1. The molecule has 3 aromatic rings. The average Bonchev–Trinajstić information content (AvgIpc) is 3.22. The fourth-order valence-corrected chi connectivity index (χ4v) is 4.17. The van der Waals surface area contributed by atoms with E-state index in [-0.39, 0.29) is 12.5 Å². The third-order valence-corrected chi connectivity index (χ3v) is 5.57. The van der Waals surface area contributed by atoms with Crippen molar-refractivity contribution in [3.05, 3.63) is 51.1 Å². The molecular weight excluding hydrogens is 410 g/mol. The summed E-state index contributed by atoms with van der Waals surface area (Å²) >= 11 is 6.42. The fraction of sp³-hybridized carbons (Fsp3) is 0.0625. The van der Waals surface area contributed by atoms with Crippen molar-refractivity contribution in [1.29, 1.82) is 5.26 Å². The Morgan fingerprint density at radius 3 is 2.75 bits per heavy atom. The third-order valence-electron chi connectivity index (χ3n) is 2.95. The van der Waals surface area contributed by atoms with Crippen LogP contribution in [-0.2, 0) is 4.79 Å². The van der Waals surface area contributed by atoms with Gasteiger partial charge in [-0.3, -0.25) is 10.1 Å². The van der Waals surface area contributed by atoms with E-state index in [1.165, 1.54) is 11.3 Å². The first-order chi connectivity index (χ1) is 11.7. The van der Waals surface area contributed by atoms with Crippen LogP contribution in [0.5, 0.6) is 5.75 Å². The molecule has 1 aromatic carbocycles. The number of hydrogen-bond acceptors (Lipinski definition) is 6. The topological polar surface area (TPSA) is 75.0 Å². The van der Waals surface area contributed by atoms with Crippen LogP contribution in [0.25, 0.3) is 10.6 Å². The molecule has 2 heterocycles. The summed E-state index contributed by atoms with van der Waals surface area (Å²) in [5.41, 5.74) is 1.37. The van der Waals surface area contributed by atoms with Crippen molar-refractivity contribution in [3.8, 4) is 22.4 Å². The molecule has 5 nitrogen and oxygen atoms in total. The monoisotopic (exact) mass is 419 g/mol. The smallest absolute Gasteiger partial charge is 0.264 e. The van der Waals surface area contributed by atoms with Crippen LogP contribution in [0.2, 0.25) is 0 Å². The zero-order valence-electron chi connectivity index (χ0n) is 12.2. The normalized spacial score (nSPS) is 10.2. The number of rotatable bonds is 5. The van der Waals surface area contributed by atoms with Gasteiger partial charge < -0.3 is 4.74 Å². The van der Waals surface area contributed by atoms with E-state index in [2.05, 4.69) is 26.2 Å². The first kappa shape index (κ1) is 16.6. The predicted octanol–water partition coefficient (Wildman–Crippen LogP) is 4.52. The molecule has 0 saturated heterocycles. The summed E-state index contributed by atoms with van der Waals surface area (Å²) in [5, 5.41) is 15.9. The molecule has 0 aliphatic carbocycles. The molecule has 0 radical (unpaired) electrons. The van der Waals surface area contributed by atoms with Crippen LogP contribution in [-0.4, -0.2) is 17.5 Å². The minimum atomic E-state index is -0.287. The lowest BCUT2D eigenvalue weighted by atomic mass is 10.2. The summed E-state index contributed by atoms with van der Waals surface area (Å²) in [6.45, 7) is -0.122. The van der Waals surface area contributed by atoms with Crippen molar-refractivity contribution in [1.82, 2.24) is 4.98 Å². The molecule has 1 N–H and O–H groups in total. The van der Waals surface area contributed by atoms with E-state index in [1.54, 1.807) is 35.6 Å². The summed E-state index contributed by atoms with van der Waals surface area (Å²) in [5.74, 6) is 0.247. The first-order valence-electron chi connectivity index (χ1n) is 6.77. The molecule has 0 bridgehead atoms. The van der Waals surface area contributed by atoms with Crippen LogP contribution in [0, 0.1) is 11.3 Å². The number of thiophene rings is 1. The molecule has 0 aliphatic heterocycles. The van der Waals surface area contributed by atoms with Gasteiger partial charge in [-0.15, -0.1) is 22.7 Å². The van der Waals surface area contributed by atoms with Crippen LogP contribution in [0.15, 0.2) is 45.6 Å². The van der Waals surface area contributed by atoms with Crippen molar-refractivity contribution >= 4 is 49.6 Å². The fourth-order valence-electron chi connectivity index (χ4n) is 1.84. The average molecular weight is 420 g/mol. The molecule has 1 amide bonds. The third kappa shape index (κ3) is 4.00. The lowest BCUT2D eigenvalue weighted by Gasteiger charge is -2.05. The molecule has 0 fully saturated rings. The second kappa shape index (κ2) is 7.57. The number of aromatic nitrogens is 1. The van der Waals surface area contributed by atoms with Crippen LogP contribution in [0.3, 0.4) is 0 Å². The van der Waals surface area contributed by atoms with Gasteiger partial charge in [-0.2, -0.15) is 5.26 Å². The van der Waals surface area contributed by atoms with Crippen LogP contribution in [0.4, 0.5) is 5.13 Å². The van der Waals surface area contributed by atoms with E-state index in [0.29, 0.717) is 16.4 Å². The summed E-state index contributed by atoms with van der Waals surface area (Å²) in [6, 6.07) is 10.6. The number of nitriles is 1. The highest BCUT2D eigenvalue weighted by Crippen LogP contribution is 2.35. The minimum absolute atomic E-state index is 0.122. The Morgan fingerprint density at radius 1 is 1.29 bits per heavy atom. The van der Waals surface area contributed by atoms with Crippen molar-refractivity contribution in [3.63, 3.8) is 0 Å². The molecule has 2 aromatic heterocycles. The van der Waals surface area contributed by atoms with E-state index in [4.69, 9.17) is 10.00 Å². The number of carbonyl (C=O) groups is 1. The lowest BCUT2D eigenvalue weighted by Crippen LogP contribution is -2.20. The van der Waals surface area contributed by atoms with Crippen molar-refractivity contribution < 1.29 is 9.53 Å². The highest BCUT2D eigenvalue weighted by atomic mass is 79.9. The van der Waals surface area contributed by atoms with Crippen molar-refractivity contribution in [2.75, 3.05) is 11.9 Å². The molecule has 8 heteroatoms. The number of amides is 1. The summed E-state index contributed by atoms with van der Waals surface area (Å²) in [6.07, 6.45) is 0. The number of carbonyl (C=O) groups excluding carboxylic acids is 1. The maximum Gasteiger partial charge on any atom is 0.264 e. The molecule has 120 valence electrons. The Kier molecular flexibility index (Phi) is 5.25. The van der Waals surface area contributed by atoms with Gasteiger partial charge in [0.1, 0.15) is 5.75 Å². The van der Waals surface area contributed by atoms with Crippen LogP contribution in [0.1, 0.15) is 5.56 Å². The Labute approximate surface area is 154 Å². The number of nitrogens with zero attached hydrogens (tertiary/aromatic N) is 2. The molecular formula is C16H10BrN3O2S2. The van der Waals surface area contributed by atoms with Crippen molar-refractivity contribution in [2.24, 2.45) is 0 Å². The molecule has 0 atom stereocenters. The number of anilines is 1. The van der Waals surface area contributed by atoms with Gasteiger partial charge in [-0.25, -0.2) is 4.98 Å². The largest absolute Gasteiger partial charge is 0.484 e. The molecule has 24 heavy (non-hydrogen) atoms. The standard InChI is InChI=1S/C16H10BrN3O2S2/c17-12-5-6-23-15(12)13-9-24-16(19-13)20-14(21)8-22-11-3-1-10(7-18)2-4-11/h1-6,9H,8H2,(H,19,20,21). The van der Waals surface area contributed by atoms with Gasteiger partial charge >= 0.3 is 0 Å². The zero-order chi connectivity index (χ0) is 16.9. The molecule has 0 aliphatic rings. The van der Waals surface area contributed by atoms with Crippen molar-refractivity contribution in [2.45, 2.75) is 0 Å². The molecule has 3 rings (SSSR count). The molecule has 0 saturated carbocycles. The second-order valence-electron chi connectivity index (χ2n) is 4.61. The maximum absolute atomic E-state index is 11.9. The van der Waals surface area contributed by atoms with E-state index >= 15 is 0 Å². The van der Waals surface area contributed by atoms with Gasteiger partial charge in [0.2, 0.25) is 0 Å². The minimum Gasteiger partial charge on any atom is -0.484 e. The quantitative estimate of drug-likeness (QED) is 0.659. The maximum atomic E-state index is 11.9. The Balaban J connectivity index is 1.56. The van der Waals surface area contributed by atoms with E-state index < -0.39 is 0 Å². The molecule has 0 unspecified atom stereocenters. The Morgan fingerprint density at radius 2 is 2.08 bits per heavy atom. The van der Waals surface area contributed by atoms with Gasteiger partial charge in [0.15, 0.2) is 11.7 Å². The zero-order valence-corrected chi connectivity index (χ0v) is 15.4. The van der Waals surface area contributed by atoms with Crippen LogP contribution >= 0.6 is 38.6 Å². The van der Waals surface area contributed by atoms with Crippen LogP contribution < -0.4 is 10.1 Å². The number of ether oxygens (including phenoxy) is 1. The number of halogens is 1. The number of thiazole rings is 1. The Bertz CT molecular complexity index is 897. The van der Waals surface area contributed by atoms with E-state index in [1.807, 2.05) is 22.9 Å². The van der Waals surface area contributed by atoms with E-state index in [9.17, 15) is 4.79 Å². The summed E-state index contributed by atoms with van der Waals surface area (Å²) in [4.78, 5) is 17.4. The highest BCUT2D eigenvalue weighted by molar-refractivity contribution is 9.10. The second-order valence-corrected chi connectivity index (χ2v) is 7.24. The van der Waals surface area contributed by atoms with Gasteiger partial charge in [0, 0.05) is 9.85 Å². The van der Waals surface area contributed by atoms with Gasteiger partial charge in [-0.1, -0.05) is 0 Å². The Hall–Kier alpha value is -2.21. The van der Waals surface area contributed by atoms with Gasteiger partial charge in [-0.05, 0) is 51.6 Å². The van der Waals surface area contributed by atoms with Gasteiger partial charge in [0.25, 0.3) is 5.91 Å². The summed E-state index contributed by atoms with van der Waals surface area (Å²) in [7, 11) is 0. The number of hydrogen-bond donors (Lipinski definition) is 1. The summed E-state index contributed by atoms with van der Waals surface area (Å²) < 4.78 is 6.37. The van der Waals surface area contributed by atoms with Gasteiger partial charge in [0.05, 0.1) is 22.2 Å². The predicted molar refractivity (Wildman–Crippen MR) is 98.4 cm³/mol. The first-order valence-corrected chi connectivity index (χ1v) is 9.32. The number of benzene rings is 1. The lowest BCUT2D eigenvalue weighted by molar-refractivity contribution is -0.118. The highest BCUT2D eigenvalue weighted by Gasteiger charge is 2.11. The molecule has 0 spiro atoms.